The van der Waals surface area contributed by atoms with Crippen molar-refractivity contribution < 1.29 is 19.2 Å². The van der Waals surface area contributed by atoms with Crippen LogP contribution in [0.5, 0.6) is 17.2 Å². The fraction of sp³-hybridized carbons (Fsp3) is 0.536. The van der Waals surface area contributed by atoms with Crippen LogP contribution in [0, 0.1) is 29.1 Å². The van der Waals surface area contributed by atoms with Gasteiger partial charge in [-0.1, -0.05) is 19.9 Å². The minimum atomic E-state index is -0.0170. The number of fused-ring (bicyclic) bond motifs is 5. The number of carbonyl (C=O) groups excluding carboxylic acids is 1. The molecule has 2 aromatic carbocycles. The molecular weight excluding hydrogens is 431 g/mol. The lowest BCUT2D eigenvalue weighted by Gasteiger charge is -2.53. The molecule has 5 heteroatoms. The molecule has 0 amide bonds. The Balaban J connectivity index is 1.28. The molecule has 3 aliphatic rings. The topological polar surface area (TPSA) is 55.8 Å². The van der Waals surface area contributed by atoms with Gasteiger partial charge >= 0.3 is 0 Å². The SMILES string of the molecule is C[C@@H]1Cc2cc(OP)ccc2C2CCC3(C)C(CC[C@@H]3CCOc3ccc(C=O)c(O)c3)C21. The largest absolute Gasteiger partial charge is 0.507 e. The highest BCUT2D eigenvalue weighted by molar-refractivity contribution is 7.10. The van der Waals surface area contributed by atoms with Crippen molar-refractivity contribution in [3.05, 3.63) is 53.1 Å². The van der Waals surface area contributed by atoms with Crippen molar-refractivity contribution in [2.24, 2.45) is 29.1 Å². The Morgan fingerprint density at radius 2 is 1.97 bits per heavy atom. The molecule has 176 valence electrons. The highest BCUT2D eigenvalue weighted by Crippen LogP contribution is 2.64. The maximum Gasteiger partial charge on any atom is 0.153 e. The fourth-order valence-electron chi connectivity index (χ4n) is 7.64. The summed E-state index contributed by atoms with van der Waals surface area (Å²) >= 11 is 0. The molecule has 0 heterocycles. The summed E-state index contributed by atoms with van der Waals surface area (Å²) in [6.07, 6.45) is 8.02. The molecule has 5 unspecified atom stereocenters. The second-order valence-corrected chi connectivity index (χ2v) is 11.0. The van der Waals surface area contributed by atoms with Crippen molar-refractivity contribution in [2.75, 3.05) is 6.61 Å². The molecule has 3 aliphatic carbocycles. The van der Waals surface area contributed by atoms with E-state index in [9.17, 15) is 9.90 Å². The van der Waals surface area contributed by atoms with Gasteiger partial charge < -0.3 is 14.4 Å². The highest BCUT2D eigenvalue weighted by atomic mass is 31.0. The van der Waals surface area contributed by atoms with E-state index in [-0.39, 0.29) is 5.75 Å². The Morgan fingerprint density at radius 3 is 2.73 bits per heavy atom. The molecule has 0 saturated heterocycles. The monoisotopic (exact) mass is 466 g/mol. The average Bonchev–Trinajstić information content (AvgIpc) is 3.15. The van der Waals surface area contributed by atoms with Crippen LogP contribution in [-0.2, 0) is 6.42 Å². The number of rotatable bonds is 6. The van der Waals surface area contributed by atoms with Gasteiger partial charge in [-0.2, -0.15) is 0 Å². The molecule has 0 radical (unpaired) electrons. The number of aldehydes is 1. The first-order chi connectivity index (χ1) is 15.9. The highest BCUT2D eigenvalue weighted by Gasteiger charge is 2.55. The first-order valence-corrected chi connectivity index (χ1v) is 12.8. The van der Waals surface area contributed by atoms with Gasteiger partial charge in [0, 0.05) is 6.07 Å². The van der Waals surface area contributed by atoms with Crippen molar-refractivity contribution in [3.63, 3.8) is 0 Å². The number of benzene rings is 2. The first-order valence-electron chi connectivity index (χ1n) is 12.3. The Kier molecular flexibility index (Phi) is 6.16. The van der Waals surface area contributed by atoms with Crippen LogP contribution in [-0.4, -0.2) is 18.0 Å². The van der Waals surface area contributed by atoms with E-state index < -0.39 is 0 Å². The van der Waals surface area contributed by atoms with Crippen LogP contribution in [0.25, 0.3) is 0 Å². The zero-order valence-corrected chi connectivity index (χ0v) is 20.8. The van der Waals surface area contributed by atoms with Crippen molar-refractivity contribution in [3.8, 4) is 17.2 Å². The summed E-state index contributed by atoms with van der Waals surface area (Å²) in [7, 11) is 2.37. The fourth-order valence-corrected chi connectivity index (χ4v) is 7.79. The van der Waals surface area contributed by atoms with E-state index in [2.05, 4.69) is 41.5 Å². The first kappa shape index (κ1) is 22.7. The van der Waals surface area contributed by atoms with Crippen LogP contribution in [0.3, 0.4) is 0 Å². The Bertz CT molecular complexity index is 1040. The van der Waals surface area contributed by atoms with Crippen LogP contribution < -0.4 is 9.26 Å². The number of phenols is 1. The van der Waals surface area contributed by atoms with Crippen molar-refractivity contribution in [1.29, 1.82) is 0 Å². The summed E-state index contributed by atoms with van der Waals surface area (Å²) in [6, 6.07) is 11.6. The van der Waals surface area contributed by atoms with E-state index in [1.165, 1.54) is 31.2 Å². The van der Waals surface area contributed by atoms with Crippen LogP contribution in [0.4, 0.5) is 0 Å². The molecule has 1 N–H and O–H groups in total. The summed E-state index contributed by atoms with van der Waals surface area (Å²) in [5.41, 5.74) is 3.73. The summed E-state index contributed by atoms with van der Waals surface area (Å²) in [4.78, 5) is 10.9. The van der Waals surface area contributed by atoms with Gasteiger partial charge in [-0.15, -0.1) is 0 Å². The van der Waals surface area contributed by atoms with E-state index in [0.29, 0.717) is 47.4 Å². The van der Waals surface area contributed by atoms with Gasteiger partial charge in [0.2, 0.25) is 0 Å². The quantitative estimate of drug-likeness (QED) is 0.387. The van der Waals surface area contributed by atoms with Gasteiger partial charge in [-0.3, -0.25) is 4.79 Å². The van der Waals surface area contributed by atoms with E-state index in [0.717, 1.165) is 30.4 Å². The molecule has 0 aromatic heterocycles. The number of hydrogen-bond acceptors (Lipinski definition) is 4. The summed E-state index contributed by atoms with van der Waals surface area (Å²) in [5.74, 6) is 5.14. The molecule has 0 bridgehead atoms. The maximum absolute atomic E-state index is 10.9. The standard InChI is InChI=1S/C28H35O4P/c1-17-13-19-14-22(32-33)6-7-23(19)24-9-11-28(2)20(4-8-25(28)27(17)24)10-12-31-21-5-3-18(16-29)26(30)15-21/h3,5-7,14-17,20,24-25,27,30H,4,8-13,33H2,1-2H3/t17-,20-,24?,25?,27?,28?/m1/s1. The van der Waals surface area contributed by atoms with Gasteiger partial charge in [0.25, 0.3) is 0 Å². The van der Waals surface area contributed by atoms with Gasteiger partial charge in [0.15, 0.2) is 6.29 Å². The summed E-state index contributed by atoms with van der Waals surface area (Å²) in [5, 5.41) is 9.91. The van der Waals surface area contributed by atoms with Gasteiger partial charge in [-0.05, 0) is 109 Å². The predicted molar refractivity (Wildman–Crippen MR) is 133 cm³/mol. The molecule has 33 heavy (non-hydrogen) atoms. The van der Waals surface area contributed by atoms with Crippen molar-refractivity contribution in [1.82, 2.24) is 0 Å². The molecular formula is C28H35O4P. The lowest BCUT2D eigenvalue weighted by Crippen LogP contribution is -2.45. The van der Waals surface area contributed by atoms with Gasteiger partial charge in [0.1, 0.15) is 17.2 Å². The molecule has 0 spiro atoms. The normalized spacial score (nSPS) is 32.4. The molecule has 5 rings (SSSR count). The lowest BCUT2D eigenvalue weighted by atomic mass is 9.51. The molecule has 0 aliphatic heterocycles. The number of aromatic hydroxyl groups is 1. The zero-order valence-electron chi connectivity index (χ0n) is 19.6. The second kappa shape index (κ2) is 8.95. The molecule has 2 aromatic rings. The second-order valence-electron chi connectivity index (χ2n) is 10.7. The van der Waals surface area contributed by atoms with Crippen molar-refractivity contribution in [2.45, 2.75) is 58.3 Å². The predicted octanol–water partition coefficient (Wildman–Crippen LogP) is 6.56. The van der Waals surface area contributed by atoms with E-state index in [4.69, 9.17) is 9.26 Å². The number of ether oxygens (including phenoxy) is 1. The van der Waals surface area contributed by atoms with E-state index in [1.807, 2.05) is 0 Å². The number of hydrogen-bond donors (Lipinski definition) is 1. The molecule has 2 fully saturated rings. The summed E-state index contributed by atoms with van der Waals surface area (Å²) < 4.78 is 11.4. The van der Waals surface area contributed by atoms with Crippen LogP contribution in [0.2, 0.25) is 0 Å². The maximum atomic E-state index is 10.9. The minimum Gasteiger partial charge on any atom is -0.507 e. The average molecular weight is 467 g/mol. The van der Waals surface area contributed by atoms with Crippen molar-refractivity contribution >= 4 is 15.8 Å². The van der Waals surface area contributed by atoms with Gasteiger partial charge in [-0.25, -0.2) is 0 Å². The van der Waals surface area contributed by atoms with E-state index >= 15 is 0 Å². The molecule has 2 saturated carbocycles. The van der Waals surface area contributed by atoms with Crippen LogP contribution in [0.1, 0.15) is 73.4 Å². The van der Waals surface area contributed by atoms with E-state index in [1.54, 1.807) is 23.8 Å². The number of carbonyl (C=O) groups is 1. The minimum absolute atomic E-state index is 0.0170. The third kappa shape index (κ3) is 3.95. The van der Waals surface area contributed by atoms with Gasteiger partial charge in [0.05, 0.1) is 21.6 Å². The Morgan fingerprint density at radius 1 is 1.15 bits per heavy atom. The third-order valence-corrected chi connectivity index (χ3v) is 9.51. The zero-order chi connectivity index (χ0) is 23.2. The lowest BCUT2D eigenvalue weighted by molar-refractivity contribution is 0.000928. The smallest absolute Gasteiger partial charge is 0.153 e. The van der Waals surface area contributed by atoms with Crippen LogP contribution >= 0.6 is 9.47 Å². The molecule has 7 atom stereocenters. The van der Waals surface area contributed by atoms with Crippen LogP contribution in [0.15, 0.2) is 36.4 Å². The molecule has 4 nitrogen and oxygen atoms in total. The third-order valence-electron chi connectivity index (χ3n) is 9.24. The number of phenolic OH excluding ortho intramolecular Hbond substituents is 1. The Hall–Kier alpha value is -2.06. The summed E-state index contributed by atoms with van der Waals surface area (Å²) in [6.45, 7) is 5.66. The Labute approximate surface area is 199 Å².